The molecule has 0 saturated carbocycles. The molecule has 0 bridgehead atoms. The van der Waals surface area contributed by atoms with Gasteiger partial charge in [0.1, 0.15) is 0 Å². The van der Waals surface area contributed by atoms with Crippen LogP contribution in [0, 0.1) is 0 Å². The first-order valence-electron chi connectivity index (χ1n) is 8.05. The second-order valence-electron chi connectivity index (χ2n) is 6.08. The Kier molecular flexibility index (Phi) is 4.71. The number of hydrazone groups is 1. The van der Waals surface area contributed by atoms with Crippen molar-refractivity contribution in [1.29, 1.82) is 0 Å². The Hall–Kier alpha value is -2.94. The van der Waals surface area contributed by atoms with Gasteiger partial charge in [0.15, 0.2) is 0 Å². The van der Waals surface area contributed by atoms with E-state index in [-0.39, 0.29) is 5.91 Å². The zero-order chi connectivity index (χ0) is 16.9. The first-order chi connectivity index (χ1) is 11.6. The summed E-state index contributed by atoms with van der Waals surface area (Å²) in [5, 5.41) is 6.20. The van der Waals surface area contributed by atoms with E-state index in [0.717, 1.165) is 16.3 Å². The minimum Gasteiger partial charge on any atom is -0.267 e. The van der Waals surface area contributed by atoms with E-state index < -0.39 is 0 Å². The van der Waals surface area contributed by atoms with Crippen molar-refractivity contribution in [2.24, 2.45) is 5.10 Å². The van der Waals surface area contributed by atoms with Crippen LogP contribution in [0.2, 0.25) is 0 Å². The Morgan fingerprint density at radius 1 is 0.958 bits per heavy atom. The maximum Gasteiger partial charge on any atom is 0.271 e. The van der Waals surface area contributed by atoms with Gasteiger partial charge < -0.3 is 0 Å². The Morgan fingerprint density at radius 3 is 2.38 bits per heavy atom. The highest BCUT2D eigenvalue weighted by molar-refractivity contribution is 5.98. The van der Waals surface area contributed by atoms with Gasteiger partial charge in [-0.3, -0.25) is 4.79 Å². The summed E-state index contributed by atoms with van der Waals surface area (Å²) in [5.74, 6) is 0.291. The van der Waals surface area contributed by atoms with Crippen LogP contribution in [0.3, 0.4) is 0 Å². The lowest BCUT2D eigenvalue weighted by molar-refractivity contribution is 0.0955. The van der Waals surface area contributed by atoms with Crippen molar-refractivity contribution in [1.82, 2.24) is 5.43 Å². The van der Waals surface area contributed by atoms with Crippen LogP contribution >= 0.6 is 0 Å². The highest BCUT2D eigenvalue weighted by Gasteiger charge is 2.05. The minimum atomic E-state index is -0.212. The maximum atomic E-state index is 12.2. The van der Waals surface area contributed by atoms with Gasteiger partial charge in [0.25, 0.3) is 5.91 Å². The van der Waals surface area contributed by atoms with Crippen molar-refractivity contribution < 1.29 is 4.79 Å². The van der Waals surface area contributed by atoms with Crippen molar-refractivity contribution in [3.8, 4) is 0 Å². The Morgan fingerprint density at radius 2 is 1.67 bits per heavy atom. The molecular weight excluding hydrogens is 296 g/mol. The molecule has 1 N–H and O–H groups in total. The number of benzene rings is 3. The molecule has 0 aliphatic heterocycles. The van der Waals surface area contributed by atoms with Gasteiger partial charge in [0.05, 0.1) is 6.21 Å². The number of nitrogens with one attached hydrogen (secondary N) is 1. The van der Waals surface area contributed by atoms with Gasteiger partial charge in [0, 0.05) is 5.56 Å². The normalized spacial score (nSPS) is 11.3. The third-order valence-corrected chi connectivity index (χ3v) is 3.99. The van der Waals surface area contributed by atoms with Crippen LogP contribution < -0.4 is 5.43 Å². The van der Waals surface area contributed by atoms with Crippen LogP contribution in [0.1, 0.15) is 41.3 Å². The van der Waals surface area contributed by atoms with Crippen molar-refractivity contribution >= 4 is 22.9 Å². The quantitative estimate of drug-likeness (QED) is 0.549. The molecule has 0 spiro atoms. The van der Waals surface area contributed by atoms with Crippen molar-refractivity contribution in [3.63, 3.8) is 0 Å². The van der Waals surface area contributed by atoms with Crippen molar-refractivity contribution in [3.05, 3.63) is 83.4 Å². The third-order valence-electron chi connectivity index (χ3n) is 3.99. The molecule has 3 aromatic carbocycles. The molecule has 0 radical (unpaired) electrons. The predicted molar refractivity (Wildman–Crippen MR) is 99.5 cm³/mol. The van der Waals surface area contributed by atoms with Crippen LogP contribution in [-0.4, -0.2) is 12.1 Å². The van der Waals surface area contributed by atoms with E-state index in [9.17, 15) is 4.79 Å². The maximum absolute atomic E-state index is 12.2. The molecule has 0 aliphatic carbocycles. The molecule has 3 heteroatoms. The van der Waals surface area contributed by atoms with E-state index >= 15 is 0 Å². The molecular formula is C21H20N2O. The lowest BCUT2D eigenvalue weighted by Crippen LogP contribution is -2.17. The molecule has 3 nitrogen and oxygen atoms in total. The van der Waals surface area contributed by atoms with Gasteiger partial charge in [-0.2, -0.15) is 5.10 Å². The summed E-state index contributed by atoms with van der Waals surface area (Å²) in [6, 6.07) is 21.7. The van der Waals surface area contributed by atoms with Crippen LogP contribution in [0.5, 0.6) is 0 Å². The summed E-state index contributed by atoms with van der Waals surface area (Å²) in [4.78, 5) is 12.2. The van der Waals surface area contributed by atoms with Crippen LogP contribution in [0.25, 0.3) is 10.8 Å². The van der Waals surface area contributed by atoms with E-state index in [1.54, 1.807) is 6.21 Å². The first-order valence-corrected chi connectivity index (χ1v) is 8.05. The van der Waals surface area contributed by atoms with E-state index in [1.165, 1.54) is 5.56 Å². The molecule has 24 heavy (non-hydrogen) atoms. The second-order valence-corrected chi connectivity index (χ2v) is 6.08. The number of nitrogens with zero attached hydrogens (tertiary/aromatic N) is 1. The molecule has 0 fully saturated rings. The lowest BCUT2D eigenvalue weighted by Gasteiger charge is -2.04. The smallest absolute Gasteiger partial charge is 0.267 e. The highest BCUT2D eigenvalue weighted by Crippen LogP contribution is 2.16. The number of fused-ring (bicyclic) bond motifs is 1. The number of carbonyl (C=O) groups excluding carboxylic acids is 1. The monoisotopic (exact) mass is 316 g/mol. The fourth-order valence-electron chi connectivity index (χ4n) is 2.53. The first kappa shape index (κ1) is 15.9. The van der Waals surface area contributed by atoms with E-state index in [4.69, 9.17) is 0 Å². The van der Waals surface area contributed by atoms with E-state index in [2.05, 4.69) is 36.5 Å². The van der Waals surface area contributed by atoms with Crippen LogP contribution in [-0.2, 0) is 0 Å². The predicted octanol–water partition coefficient (Wildman–Crippen LogP) is 4.73. The third kappa shape index (κ3) is 3.69. The van der Waals surface area contributed by atoms with Gasteiger partial charge >= 0.3 is 0 Å². The minimum absolute atomic E-state index is 0.212. The standard InChI is InChI=1S/C21H20N2O/c1-15(2)17-9-7-16(8-10-17)14-22-23-21(24)20-12-11-18-5-3-4-6-19(18)13-20/h3-15H,1-2H3,(H,23,24)/b22-14-. The number of hydrogen-bond acceptors (Lipinski definition) is 2. The van der Waals surface area contributed by atoms with Gasteiger partial charge in [-0.15, -0.1) is 0 Å². The van der Waals surface area contributed by atoms with Crippen LogP contribution in [0.15, 0.2) is 71.8 Å². The Bertz CT molecular complexity index is 880. The van der Waals surface area contributed by atoms with Crippen LogP contribution in [0.4, 0.5) is 0 Å². The number of hydrogen-bond donors (Lipinski definition) is 1. The van der Waals surface area contributed by atoms with Gasteiger partial charge in [-0.05, 0) is 39.9 Å². The topological polar surface area (TPSA) is 41.5 Å². The largest absolute Gasteiger partial charge is 0.271 e. The fourth-order valence-corrected chi connectivity index (χ4v) is 2.53. The molecule has 120 valence electrons. The summed E-state index contributed by atoms with van der Waals surface area (Å²) < 4.78 is 0. The number of carbonyl (C=O) groups is 1. The lowest BCUT2D eigenvalue weighted by atomic mass is 10.0. The second kappa shape index (κ2) is 7.09. The molecule has 3 aromatic rings. The highest BCUT2D eigenvalue weighted by atomic mass is 16.2. The SMILES string of the molecule is CC(C)c1ccc(/C=N\NC(=O)c2ccc3ccccc3c2)cc1. The molecule has 0 unspecified atom stereocenters. The zero-order valence-electron chi connectivity index (χ0n) is 13.9. The number of amides is 1. The average molecular weight is 316 g/mol. The van der Waals surface area contributed by atoms with Crippen molar-refractivity contribution in [2.75, 3.05) is 0 Å². The van der Waals surface area contributed by atoms with Crippen molar-refractivity contribution in [2.45, 2.75) is 19.8 Å². The molecule has 1 amide bonds. The fraction of sp³-hybridized carbons (Fsp3) is 0.143. The number of rotatable bonds is 4. The van der Waals surface area contributed by atoms with E-state index in [1.807, 2.05) is 54.6 Å². The van der Waals surface area contributed by atoms with Gasteiger partial charge in [-0.25, -0.2) is 5.43 Å². The summed E-state index contributed by atoms with van der Waals surface area (Å²) in [5.41, 5.74) is 5.42. The molecule has 0 aliphatic rings. The van der Waals surface area contributed by atoms with Gasteiger partial charge in [0.2, 0.25) is 0 Å². The molecule has 0 saturated heterocycles. The van der Waals surface area contributed by atoms with E-state index in [0.29, 0.717) is 11.5 Å². The summed E-state index contributed by atoms with van der Waals surface area (Å²) in [6.45, 7) is 4.32. The molecule has 0 heterocycles. The average Bonchev–Trinajstić information content (AvgIpc) is 2.61. The molecule has 0 atom stereocenters. The Labute approximate surface area is 142 Å². The molecule has 0 aromatic heterocycles. The summed E-state index contributed by atoms with van der Waals surface area (Å²) in [7, 11) is 0. The Balaban J connectivity index is 1.67. The summed E-state index contributed by atoms with van der Waals surface area (Å²) in [6.07, 6.45) is 1.66. The van der Waals surface area contributed by atoms with Gasteiger partial charge in [-0.1, -0.05) is 68.4 Å². The molecule has 3 rings (SSSR count). The zero-order valence-corrected chi connectivity index (χ0v) is 13.9. The summed E-state index contributed by atoms with van der Waals surface area (Å²) >= 11 is 0.